The second-order valence-corrected chi connectivity index (χ2v) is 6.66. The molecule has 6 nitrogen and oxygen atoms in total. The molecule has 8 heteroatoms. The van der Waals surface area contributed by atoms with Crippen LogP contribution in [0.5, 0.6) is 0 Å². The first-order chi connectivity index (χ1) is 12.5. The van der Waals surface area contributed by atoms with Crippen molar-refractivity contribution in [3.8, 4) is 0 Å². The number of amides is 3. The topological polar surface area (TPSA) is 70.7 Å². The number of halogens is 2. The minimum absolute atomic E-state index is 0.224. The summed E-state index contributed by atoms with van der Waals surface area (Å²) in [6, 6.07) is 13.8. The molecule has 1 heterocycles. The zero-order valence-corrected chi connectivity index (χ0v) is 15.3. The van der Waals surface area contributed by atoms with E-state index in [9.17, 15) is 9.59 Å². The van der Waals surface area contributed by atoms with Gasteiger partial charge in [-0.1, -0.05) is 35.3 Å². The molecule has 0 aliphatic carbocycles. The van der Waals surface area contributed by atoms with Crippen LogP contribution in [0.3, 0.4) is 0 Å². The molecule has 2 N–H and O–H groups in total. The molecular formula is C18H17Cl2N3O3. The Morgan fingerprint density at radius 1 is 1.04 bits per heavy atom. The number of carbonyl (C=O) groups is 2. The Morgan fingerprint density at radius 3 is 2.31 bits per heavy atom. The van der Waals surface area contributed by atoms with E-state index in [2.05, 4.69) is 10.6 Å². The van der Waals surface area contributed by atoms with Crippen molar-refractivity contribution in [3.63, 3.8) is 0 Å². The first-order valence-corrected chi connectivity index (χ1v) is 8.77. The summed E-state index contributed by atoms with van der Waals surface area (Å²) in [5.41, 5.74) is 1.64. The molecule has 26 heavy (non-hydrogen) atoms. The lowest BCUT2D eigenvalue weighted by molar-refractivity contribution is 0.140. The molecule has 0 saturated carbocycles. The van der Waals surface area contributed by atoms with E-state index in [4.69, 9.17) is 27.9 Å². The van der Waals surface area contributed by atoms with Crippen LogP contribution in [0.25, 0.3) is 0 Å². The highest BCUT2D eigenvalue weighted by molar-refractivity contribution is 6.30. The molecule has 1 fully saturated rings. The normalized spacial score (nSPS) is 16.3. The number of benzene rings is 2. The SMILES string of the molecule is O=C(NCc1ccc(Cl)cc1)NC[C@@H]1CN(c2ccc(Cl)cc2)C(=O)O1. The Balaban J connectivity index is 1.44. The number of anilines is 1. The summed E-state index contributed by atoms with van der Waals surface area (Å²) in [4.78, 5) is 25.4. The lowest BCUT2D eigenvalue weighted by Crippen LogP contribution is -2.40. The van der Waals surface area contributed by atoms with Gasteiger partial charge in [0.1, 0.15) is 6.10 Å². The van der Waals surface area contributed by atoms with Crippen molar-refractivity contribution in [2.75, 3.05) is 18.0 Å². The van der Waals surface area contributed by atoms with Crippen molar-refractivity contribution in [3.05, 3.63) is 64.1 Å². The maximum absolute atomic E-state index is 12.0. The second kappa shape index (κ2) is 8.29. The largest absolute Gasteiger partial charge is 0.442 e. The molecule has 0 unspecified atom stereocenters. The number of hydrogen-bond acceptors (Lipinski definition) is 3. The van der Waals surface area contributed by atoms with Crippen molar-refractivity contribution >= 4 is 41.0 Å². The predicted molar refractivity (Wildman–Crippen MR) is 101 cm³/mol. The van der Waals surface area contributed by atoms with Crippen LogP contribution in [0.15, 0.2) is 48.5 Å². The van der Waals surface area contributed by atoms with Gasteiger partial charge in [0.05, 0.1) is 13.1 Å². The van der Waals surface area contributed by atoms with Crippen LogP contribution in [0, 0.1) is 0 Å². The zero-order valence-electron chi connectivity index (χ0n) is 13.7. The third-order valence-corrected chi connectivity index (χ3v) is 4.37. The van der Waals surface area contributed by atoms with Gasteiger partial charge in [0, 0.05) is 22.3 Å². The van der Waals surface area contributed by atoms with Gasteiger partial charge in [-0.25, -0.2) is 9.59 Å². The summed E-state index contributed by atoms with van der Waals surface area (Å²) in [5.74, 6) is 0. The molecule has 136 valence electrons. The predicted octanol–water partition coefficient (Wildman–Crippen LogP) is 3.82. The van der Waals surface area contributed by atoms with Crippen LogP contribution in [0.4, 0.5) is 15.3 Å². The number of nitrogens with one attached hydrogen (secondary N) is 2. The quantitative estimate of drug-likeness (QED) is 0.810. The van der Waals surface area contributed by atoms with Gasteiger partial charge in [-0.2, -0.15) is 0 Å². The summed E-state index contributed by atoms with van der Waals surface area (Å²) in [5, 5.41) is 6.69. The fourth-order valence-corrected chi connectivity index (χ4v) is 2.77. The standard InChI is InChI=1S/C18H17Cl2N3O3/c19-13-3-1-12(2-4-13)9-21-17(24)22-10-16-11-23(18(25)26-16)15-7-5-14(20)6-8-15/h1-8,16H,9-11H2,(H2,21,22,24)/t16-/m1/s1. The van der Waals surface area contributed by atoms with Gasteiger partial charge in [0.25, 0.3) is 0 Å². The molecule has 1 saturated heterocycles. The number of nitrogens with zero attached hydrogens (tertiary/aromatic N) is 1. The van der Waals surface area contributed by atoms with Crippen molar-refractivity contribution < 1.29 is 14.3 Å². The molecule has 1 aliphatic rings. The second-order valence-electron chi connectivity index (χ2n) is 5.78. The van der Waals surface area contributed by atoms with Crippen LogP contribution in [0.1, 0.15) is 5.56 Å². The van der Waals surface area contributed by atoms with E-state index >= 15 is 0 Å². The highest BCUT2D eigenvalue weighted by Crippen LogP contribution is 2.23. The van der Waals surface area contributed by atoms with Gasteiger partial charge in [0.2, 0.25) is 0 Å². The van der Waals surface area contributed by atoms with Crippen LogP contribution in [-0.4, -0.2) is 31.3 Å². The van der Waals surface area contributed by atoms with E-state index in [1.165, 1.54) is 4.90 Å². The Morgan fingerprint density at radius 2 is 1.65 bits per heavy atom. The average Bonchev–Trinajstić information content (AvgIpc) is 3.01. The number of carbonyl (C=O) groups excluding carboxylic acids is 2. The number of ether oxygens (including phenoxy) is 1. The van der Waals surface area contributed by atoms with Crippen LogP contribution in [-0.2, 0) is 11.3 Å². The summed E-state index contributed by atoms with van der Waals surface area (Å²) in [6.07, 6.45) is -0.861. The molecule has 1 aliphatic heterocycles. The van der Waals surface area contributed by atoms with Crippen molar-refractivity contribution in [2.24, 2.45) is 0 Å². The molecule has 0 spiro atoms. The third kappa shape index (κ3) is 4.80. The van der Waals surface area contributed by atoms with Crippen LogP contribution in [0.2, 0.25) is 10.0 Å². The lowest BCUT2D eigenvalue weighted by atomic mass is 10.2. The fraction of sp³-hybridized carbons (Fsp3) is 0.222. The fourth-order valence-electron chi connectivity index (χ4n) is 2.51. The Bertz CT molecular complexity index is 781. The lowest BCUT2D eigenvalue weighted by Gasteiger charge is -2.13. The zero-order chi connectivity index (χ0) is 18.5. The number of urea groups is 1. The maximum atomic E-state index is 12.0. The molecule has 3 amide bonds. The van der Waals surface area contributed by atoms with Gasteiger partial charge in [0.15, 0.2) is 0 Å². The summed E-state index contributed by atoms with van der Waals surface area (Å²) >= 11 is 11.7. The van der Waals surface area contributed by atoms with E-state index < -0.39 is 12.2 Å². The van der Waals surface area contributed by atoms with Gasteiger partial charge in [-0.05, 0) is 42.0 Å². The number of cyclic esters (lactones) is 1. The highest BCUT2D eigenvalue weighted by Gasteiger charge is 2.32. The summed E-state index contributed by atoms with van der Waals surface area (Å²) < 4.78 is 5.28. The molecule has 0 radical (unpaired) electrons. The minimum atomic E-state index is -0.444. The number of hydrogen-bond donors (Lipinski definition) is 2. The summed E-state index contributed by atoms with van der Waals surface area (Å²) in [6.45, 7) is 0.963. The molecule has 0 aromatic heterocycles. The third-order valence-electron chi connectivity index (χ3n) is 3.87. The molecule has 2 aromatic carbocycles. The van der Waals surface area contributed by atoms with Gasteiger partial charge in [-0.3, -0.25) is 4.90 Å². The van der Waals surface area contributed by atoms with Gasteiger partial charge < -0.3 is 15.4 Å². The summed E-state index contributed by atoms with van der Waals surface area (Å²) in [7, 11) is 0. The first-order valence-electron chi connectivity index (χ1n) is 8.01. The maximum Gasteiger partial charge on any atom is 0.414 e. The Kier molecular flexibility index (Phi) is 5.85. The monoisotopic (exact) mass is 393 g/mol. The van der Waals surface area contributed by atoms with Crippen LogP contribution < -0.4 is 15.5 Å². The van der Waals surface area contributed by atoms with Gasteiger partial charge in [-0.15, -0.1) is 0 Å². The average molecular weight is 394 g/mol. The van der Waals surface area contributed by atoms with E-state index in [-0.39, 0.29) is 12.6 Å². The molecule has 3 rings (SSSR count). The molecule has 0 bridgehead atoms. The Hall–Kier alpha value is -2.44. The Labute approximate surface area is 161 Å². The smallest absolute Gasteiger partial charge is 0.414 e. The van der Waals surface area contributed by atoms with E-state index in [0.717, 1.165) is 5.56 Å². The minimum Gasteiger partial charge on any atom is -0.442 e. The van der Waals surface area contributed by atoms with E-state index in [0.29, 0.717) is 28.8 Å². The van der Waals surface area contributed by atoms with Crippen molar-refractivity contribution in [1.82, 2.24) is 10.6 Å². The molecular weight excluding hydrogens is 377 g/mol. The van der Waals surface area contributed by atoms with E-state index in [1.54, 1.807) is 36.4 Å². The van der Waals surface area contributed by atoms with Crippen molar-refractivity contribution in [2.45, 2.75) is 12.6 Å². The molecule has 1 atom stereocenters. The van der Waals surface area contributed by atoms with Crippen molar-refractivity contribution in [1.29, 1.82) is 0 Å². The highest BCUT2D eigenvalue weighted by atomic mass is 35.5. The van der Waals surface area contributed by atoms with E-state index in [1.807, 2.05) is 12.1 Å². The number of rotatable bonds is 5. The first kappa shape index (κ1) is 18.4. The molecule has 2 aromatic rings. The van der Waals surface area contributed by atoms with Crippen LogP contribution >= 0.6 is 23.2 Å². The van der Waals surface area contributed by atoms with Gasteiger partial charge >= 0.3 is 12.1 Å².